The van der Waals surface area contributed by atoms with Crippen LogP contribution in [0, 0.1) is 0 Å². The second-order valence-electron chi connectivity index (χ2n) is 4.65. The van der Waals surface area contributed by atoms with Gasteiger partial charge in [0.2, 0.25) is 5.95 Å². The zero-order chi connectivity index (χ0) is 13.2. The Balaban J connectivity index is 2.02. The van der Waals surface area contributed by atoms with Gasteiger partial charge in [0.15, 0.2) is 0 Å². The van der Waals surface area contributed by atoms with E-state index in [0.29, 0.717) is 12.1 Å². The molecule has 5 heteroatoms. The molecule has 5 nitrogen and oxygen atoms in total. The van der Waals surface area contributed by atoms with Crippen LogP contribution in [-0.4, -0.2) is 20.9 Å². The van der Waals surface area contributed by atoms with E-state index in [-0.39, 0.29) is 11.9 Å². The van der Waals surface area contributed by atoms with Crippen LogP contribution in [0.2, 0.25) is 0 Å². The first-order valence-corrected chi connectivity index (χ1v) is 6.15. The first kappa shape index (κ1) is 11.6. The molecule has 1 aliphatic rings. The van der Waals surface area contributed by atoms with Crippen molar-refractivity contribution in [1.29, 1.82) is 0 Å². The topological polar surface area (TPSA) is 84.4 Å². The molecule has 1 aromatic carbocycles. The number of benzene rings is 1. The summed E-state index contributed by atoms with van der Waals surface area (Å²) in [5.74, 6) is 0.513. The number of hydrogen-bond donors (Lipinski definition) is 2. The predicted octanol–water partition coefficient (Wildman–Crippen LogP) is 1.97. The van der Waals surface area contributed by atoms with E-state index in [0.717, 1.165) is 17.7 Å². The van der Waals surface area contributed by atoms with Gasteiger partial charge in [-0.1, -0.05) is 35.5 Å². The third-order valence-electron chi connectivity index (χ3n) is 3.47. The van der Waals surface area contributed by atoms with E-state index in [4.69, 9.17) is 5.73 Å². The number of anilines is 1. The molecule has 0 saturated carbocycles. The Bertz CT molecular complexity index is 625. The Morgan fingerprint density at radius 3 is 2.74 bits per heavy atom. The van der Waals surface area contributed by atoms with Crippen LogP contribution in [0.1, 0.15) is 29.2 Å². The smallest absolute Gasteiger partial charge is 0.220 e. The number of nitrogens with zero attached hydrogens (tertiary/aromatic N) is 3. The van der Waals surface area contributed by atoms with Crippen LogP contribution in [-0.2, 0) is 6.42 Å². The van der Waals surface area contributed by atoms with E-state index in [2.05, 4.69) is 27.3 Å². The average Bonchev–Trinajstić information content (AvgIpc) is 2.46. The summed E-state index contributed by atoms with van der Waals surface area (Å²) in [7, 11) is 0. The highest BCUT2D eigenvalue weighted by molar-refractivity contribution is 6.02. The molecule has 0 fully saturated rings. The van der Waals surface area contributed by atoms with Crippen molar-refractivity contribution in [3.05, 3.63) is 53.3 Å². The van der Waals surface area contributed by atoms with Gasteiger partial charge in [0.05, 0.1) is 11.4 Å². The van der Waals surface area contributed by atoms with Gasteiger partial charge in [0, 0.05) is 18.2 Å². The van der Waals surface area contributed by atoms with Gasteiger partial charge >= 0.3 is 0 Å². The van der Waals surface area contributed by atoms with Crippen molar-refractivity contribution in [3.63, 3.8) is 0 Å². The van der Waals surface area contributed by atoms with Gasteiger partial charge in [-0.3, -0.25) is 0 Å². The molecule has 3 rings (SSSR count). The second-order valence-corrected chi connectivity index (χ2v) is 4.65. The minimum absolute atomic E-state index is 0.254. The summed E-state index contributed by atoms with van der Waals surface area (Å²) in [5, 5.41) is 12.6. The number of rotatable bonds is 1. The molecule has 2 aromatic rings. The molecule has 0 amide bonds. The van der Waals surface area contributed by atoms with E-state index in [9.17, 15) is 5.21 Å². The number of hydrogen-bond acceptors (Lipinski definition) is 5. The number of fused-ring (bicyclic) bond motifs is 1. The van der Waals surface area contributed by atoms with E-state index in [1.165, 1.54) is 5.56 Å². The lowest BCUT2D eigenvalue weighted by Crippen LogP contribution is -2.22. The maximum atomic E-state index is 9.17. The maximum absolute atomic E-state index is 9.17. The molecule has 96 valence electrons. The van der Waals surface area contributed by atoms with Gasteiger partial charge in [-0.25, -0.2) is 9.97 Å². The van der Waals surface area contributed by atoms with E-state index >= 15 is 0 Å². The van der Waals surface area contributed by atoms with Gasteiger partial charge in [-0.15, -0.1) is 0 Å². The SMILES string of the molecule is Nc1ncc2c(n1)CC(c1ccccc1)CC2=NO. The van der Waals surface area contributed by atoms with Crippen LogP contribution < -0.4 is 5.73 Å². The Kier molecular flexibility index (Phi) is 2.87. The number of nitrogens with two attached hydrogens (primary N) is 1. The van der Waals surface area contributed by atoms with Gasteiger partial charge in [0.1, 0.15) is 0 Å². The summed E-state index contributed by atoms with van der Waals surface area (Å²) >= 11 is 0. The Morgan fingerprint density at radius 1 is 1.21 bits per heavy atom. The van der Waals surface area contributed by atoms with Crippen molar-refractivity contribution < 1.29 is 5.21 Å². The van der Waals surface area contributed by atoms with E-state index in [1.54, 1.807) is 6.20 Å². The molecule has 1 unspecified atom stereocenters. The van der Waals surface area contributed by atoms with Crippen molar-refractivity contribution >= 4 is 11.7 Å². The molecule has 1 atom stereocenters. The van der Waals surface area contributed by atoms with Crippen LogP contribution in [0.4, 0.5) is 5.95 Å². The molecule has 0 spiro atoms. The lowest BCUT2D eigenvalue weighted by Gasteiger charge is -2.24. The second kappa shape index (κ2) is 4.68. The van der Waals surface area contributed by atoms with Crippen molar-refractivity contribution in [2.75, 3.05) is 5.73 Å². The average molecular weight is 254 g/mol. The summed E-state index contributed by atoms with van der Waals surface area (Å²) in [6.45, 7) is 0. The summed E-state index contributed by atoms with van der Waals surface area (Å²) in [6.07, 6.45) is 3.10. The molecular formula is C14H14N4O. The fraction of sp³-hybridized carbons (Fsp3) is 0.214. The fourth-order valence-corrected chi connectivity index (χ4v) is 2.53. The standard InChI is InChI=1S/C14H14N4O/c15-14-16-8-11-12(17-14)6-10(7-13(11)18-19)9-4-2-1-3-5-9/h1-5,8,10,19H,6-7H2,(H2,15,16,17). The van der Waals surface area contributed by atoms with Crippen LogP contribution in [0.15, 0.2) is 41.7 Å². The van der Waals surface area contributed by atoms with Crippen molar-refractivity contribution in [2.45, 2.75) is 18.8 Å². The maximum Gasteiger partial charge on any atom is 0.220 e. The molecule has 0 bridgehead atoms. The third kappa shape index (κ3) is 2.14. The third-order valence-corrected chi connectivity index (χ3v) is 3.47. The lowest BCUT2D eigenvalue weighted by molar-refractivity contribution is 0.316. The first-order valence-electron chi connectivity index (χ1n) is 6.15. The summed E-state index contributed by atoms with van der Waals surface area (Å²) in [5.41, 5.74) is 9.11. The molecule has 0 saturated heterocycles. The van der Waals surface area contributed by atoms with Crippen molar-refractivity contribution in [3.8, 4) is 0 Å². The van der Waals surface area contributed by atoms with Gasteiger partial charge < -0.3 is 10.9 Å². The van der Waals surface area contributed by atoms with Gasteiger partial charge in [-0.05, 0) is 17.9 Å². The molecular weight excluding hydrogens is 240 g/mol. The minimum Gasteiger partial charge on any atom is -0.411 e. The number of aromatic nitrogens is 2. The monoisotopic (exact) mass is 254 g/mol. The quantitative estimate of drug-likeness (QED) is 0.602. The largest absolute Gasteiger partial charge is 0.411 e. The minimum atomic E-state index is 0.254. The normalized spacial score (nSPS) is 20.2. The Hall–Kier alpha value is -2.43. The molecule has 0 radical (unpaired) electrons. The molecule has 1 aliphatic carbocycles. The predicted molar refractivity (Wildman–Crippen MR) is 72.3 cm³/mol. The summed E-state index contributed by atoms with van der Waals surface area (Å²) in [4.78, 5) is 8.23. The first-order chi connectivity index (χ1) is 9.28. The van der Waals surface area contributed by atoms with Gasteiger partial charge in [0.25, 0.3) is 0 Å². The highest BCUT2D eigenvalue weighted by Crippen LogP contribution is 2.31. The zero-order valence-electron chi connectivity index (χ0n) is 10.3. The number of oxime groups is 1. The summed E-state index contributed by atoms with van der Waals surface area (Å²) in [6, 6.07) is 10.2. The van der Waals surface area contributed by atoms with E-state index < -0.39 is 0 Å². The van der Waals surface area contributed by atoms with E-state index in [1.807, 2.05) is 18.2 Å². The molecule has 19 heavy (non-hydrogen) atoms. The van der Waals surface area contributed by atoms with Crippen LogP contribution in [0.3, 0.4) is 0 Å². The highest BCUT2D eigenvalue weighted by Gasteiger charge is 2.26. The van der Waals surface area contributed by atoms with Crippen molar-refractivity contribution in [2.24, 2.45) is 5.16 Å². The molecule has 1 aromatic heterocycles. The van der Waals surface area contributed by atoms with Gasteiger partial charge in [-0.2, -0.15) is 0 Å². The molecule has 1 heterocycles. The van der Waals surface area contributed by atoms with Crippen LogP contribution in [0.25, 0.3) is 0 Å². The molecule has 0 aliphatic heterocycles. The molecule has 3 N–H and O–H groups in total. The zero-order valence-corrected chi connectivity index (χ0v) is 10.3. The summed E-state index contributed by atoms with van der Waals surface area (Å²) < 4.78 is 0. The lowest BCUT2D eigenvalue weighted by atomic mass is 9.82. The van der Waals surface area contributed by atoms with Crippen molar-refractivity contribution in [1.82, 2.24) is 9.97 Å². The van der Waals surface area contributed by atoms with Crippen LogP contribution >= 0.6 is 0 Å². The highest BCUT2D eigenvalue weighted by atomic mass is 16.4. The Morgan fingerprint density at radius 2 is 2.00 bits per heavy atom. The fourth-order valence-electron chi connectivity index (χ4n) is 2.53. The van der Waals surface area contributed by atoms with Crippen LogP contribution in [0.5, 0.6) is 0 Å². The number of nitrogen functional groups attached to an aromatic ring is 1. The Labute approximate surface area is 110 Å².